The molecule has 1 fully saturated rings. The van der Waals surface area contributed by atoms with E-state index in [4.69, 9.17) is 10.00 Å². The fourth-order valence-electron chi connectivity index (χ4n) is 2.48. The minimum atomic E-state index is -0.0375. The first-order valence-electron chi connectivity index (χ1n) is 6.32. The second-order valence-electron chi connectivity index (χ2n) is 4.83. The van der Waals surface area contributed by atoms with Crippen molar-refractivity contribution in [2.45, 2.75) is 45.8 Å². The molecule has 2 heterocycles. The van der Waals surface area contributed by atoms with E-state index in [-0.39, 0.29) is 18.1 Å². The lowest BCUT2D eigenvalue weighted by Crippen LogP contribution is -2.31. The van der Waals surface area contributed by atoms with Crippen LogP contribution in [0.3, 0.4) is 0 Å². The second kappa shape index (κ2) is 5.36. The van der Waals surface area contributed by atoms with Crippen molar-refractivity contribution in [3.63, 3.8) is 0 Å². The van der Waals surface area contributed by atoms with E-state index < -0.39 is 0 Å². The molecule has 1 aliphatic rings. The summed E-state index contributed by atoms with van der Waals surface area (Å²) in [7, 11) is 0. The zero-order chi connectivity index (χ0) is 13.1. The highest BCUT2D eigenvalue weighted by molar-refractivity contribution is 5.28. The summed E-state index contributed by atoms with van der Waals surface area (Å²) < 4.78 is 7.32. The van der Waals surface area contributed by atoms with Crippen LogP contribution in [-0.4, -0.2) is 17.3 Å². The molecule has 0 bridgehead atoms. The van der Waals surface area contributed by atoms with Crippen LogP contribution in [-0.2, 0) is 17.7 Å². The molecule has 0 N–H and O–H groups in total. The van der Waals surface area contributed by atoms with Crippen molar-refractivity contribution in [3.05, 3.63) is 33.2 Å². The number of hydrogen-bond donors (Lipinski definition) is 0. The fraction of sp³-hybridized carbons (Fsp3) is 0.571. The van der Waals surface area contributed by atoms with Crippen molar-refractivity contribution in [2.75, 3.05) is 6.61 Å². The Morgan fingerprint density at radius 3 is 2.94 bits per heavy atom. The van der Waals surface area contributed by atoms with E-state index in [9.17, 15) is 4.79 Å². The average Bonchev–Trinajstić information content (AvgIpc) is 2.83. The molecule has 96 valence electrons. The van der Waals surface area contributed by atoms with Crippen LogP contribution in [0.2, 0.25) is 0 Å². The lowest BCUT2D eigenvalue weighted by molar-refractivity contribution is 0.0956. The Labute approximate surface area is 107 Å². The van der Waals surface area contributed by atoms with Gasteiger partial charge in [0.1, 0.15) is 0 Å². The Balaban J connectivity index is 2.37. The third-order valence-electron chi connectivity index (χ3n) is 3.50. The molecule has 1 aliphatic heterocycles. The summed E-state index contributed by atoms with van der Waals surface area (Å²) in [4.78, 5) is 12.3. The molecule has 2 rings (SSSR count). The lowest BCUT2D eigenvalue weighted by Gasteiger charge is -2.16. The van der Waals surface area contributed by atoms with Crippen LogP contribution in [0.1, 0.15) is 29.7 Å². The van der Waals surface area contributed by atoms with Crippen molar-refractivity contribution in [2.24, 2.45) is 0 Å². The van der Waals surface area contributed by atoms with Crippen molar-refractivity contribution >= 4 is 0 Å². The van der Waals surface area contributed by atoms with E-state index in [1.807, 2.05) is 19.9 Å². The van der Waals surface area contributed by atoms with Crippen LogP contribution in [0, 0.1) is 25.2 Å². The van der Waals surface area contributed by atoms with Crippen LogP contribution in [0.5, 0.6) is 0 Å². The summed E-state index contributed by atoms with van der Waals surface area (Å²) >= 11 is 0. The van der Waals surface area contributed by atoms with E-state index in [0.29, 0.717) is 12.1 Å². The van der Waals surface area contributed by atoms with E-state index in [1.165, 1.54) is 0 Å². The Morgan fingerprint density at radius 2 is 2.33 bits per heavy atom. The normalized spacial score (nSPS) is 18.8. The van der Waals surface area contributed by atoms with Gasteiger partial charge >= 0.3 is 0 Å². The van der Waals surface area contributed by atoms with Crippen LogP contribution in [0.15, 0.2) is 10.9 Å². The molecule has 0 aromatic carbocycles. The molecule has 0 aliphatic carbocycles. The monoisotopic (exact) mass is 246 g/mol. The van der Waals surface area contributed by atoms with Crippen molar-refractivity contribution in [1.29, 1.82) is 5.26 Å². The Kier molecular flexibility index (Phi) is 3.83. The van der Waals surface area contributed by atoms with Crippen molar-refractivity contribution in [1.82, 2.24) is 4.57 Å². The van der Waals surface area contributed by atoms with Gasteiger partial charge in [-0.2, -0.15) is 5.26 Å². The van der Waals surface area contributed by atoms with Gasteiger partial charge in [-0.15, -0.1) is 0 Å². The van der Waals surface area contributed by atoms with Gasteiger partial charge in [-0.25, -0.2) is 0 Å². The van der Waals surface area contributed by atoms with Gasteiger partial charge in [0.05, 0.1) is 25.1 Å². The lowest BCUT2D eigenvalue weighted by atomic mass is 10.1. The Morgan fingerprint density at radius 1 is 1.56 bits per heavy atom. The van der Waals surface area contributed by atoms with Crippen LogP contribution in [0.4, 0.5) is 0 Å². The number of hydrogen-bond acceptors (Lipinski definition) is 3. The maximum atomic E-state index is 12.3. The molecule has 1 aromatic heterocycles. The van der Waals surface area contributed by atoms with Crippen LogP contribution >= 0.6 is 0 Å². The number of pyridine rings is 1. The molecule has 18 heavy (non-hydrogen) atoms. The highest BCUT2D eigenvalue weighted by Gasteiger charge is 2.18. The standard InChI is InChI=1S/C14H18N2O2/c1-10-8-11(2)16(9-12-4-3-7-18-12)14(17)13(10)5-6-15/h8,12H,3-5,7,9H2,1-2H3. The van der Waals surface area contributed by atoms with Gasteiger partial charge in [0.15, 0.2) is 0 Å². The average molecular weight is 246 g/mol. The summed E-state index contributed by atoms with van der Waals surface area (Å²) in [5.41, 5.74) is 2.42. The molecule has 1 aromatic rings. The van der Waals surface area contributed by atoms with Crippen molar-refractivity contribution in [3.8, 4) is 6.07 Å². The fourth-order valence-corrected chi connectivity index (χ4v) is 2.48. The van der Waals surface area contributed by atoms with E-state index in [0.717, 1.165) is 30.7 Å². The summed E-state index contributed by atoms with van der Waals surface area (Å²) in [6, 6.07) is 4.04. The Bertz CT molecular complexity index is 534. The minimum absolute atomic E-state index is 0.0375. The van der Waals surface area contributed by atoms with E-state index >= 15 is 0 Å². The molecule has 0 amide bonds. The molecule has 0 radical (unpaired) electrons. The van der Waals surface area contributed by atoms with E-state index in [2.05, 4.69) is 6.07 Å². The number of nitriles is 1. The predicted octanol–water partition coefficient (Wildman–Crippen LogP) is 1.71. The molecule has 0 spiro atoms. The first-order chi connectivity index (χ1) is 8.63. The van der Waals surface area contributed by atoms with Crippen molar-refractivity contribution < 1.29 is 4.74 Å². The summed E-state index contributed by atoms with van der Waals surface area (Å²) in [6.45, 7) is 5.20. The third kappa shape index (κ3) is 2.46. The summed E-state index contributed by atoms with van der Waals surface area (Å²) in [5, 5.41) is 8.79. The molecule has 1 atom stereocenters. The van der Waals surface area contributed by atoms with Gasteiger partial charge in [0, 0.05) is 17.9 Å². The molecule has 4 heteroatoms. The van der Waals surface area contributed by atoms with Gasteiger partial charge in [-0.05, 0) is 38.3 Å². The molecule has 0 saturated carbocycles. The number of ether oxygens (including phenoxy) is 1. The summed E-state index contributed by atoms with van der Waals surface area (Å²) in [6.07, 6.45) is 2.39. The van der Waals surface area contributed by atoms with Crippen LogP contribution in [0.25, 0.3) is 0 Å². The molecule has 1 saturated heterocycles. The molecule has 1 unspecified atom stereocenters. The van der Waals surface area contributed by atoms with Gasteiger partial charge in [0.25, 0.3) is 5.56 Å². The quantitative estimate of drug-likeness (QED) is 0.815. The molecular weight excluding hydrogens is 228 g/mol. The van der Waals surface area contributed by atoms with Gasteiger partial charge in [0.2, 0.25) is 0 Å². The maximum Gasteiger partial charge on any atom is 0.255 e. The number of aromatic nitrogens is 1. The van der Waals surface area contributed by atoms with Crippen LogP contribution < -0.4 is 5.56 Å². The largest absolute Gasteiger partial charge is 0.376 e. The first-order valence-corrected chi connectivity index (χ1v) is 6.32. The van der Waals surface area contributed by atoms with Gasteiger partial charge in [-0.3, -0.25) is 4.79 Å². The number of nitrogens with zero attached hydrogens (tertiary/aromatic N) is 2. The topological polar surface area (TPSA) is 55.0 Å². The number of rotatable bonds is 3. The highest BCUT2D eigenvalue weighted by atomic mass is 16.5. The third-order valence-corrected chi connectivity index (χ3v) is 3.50. The first kappa shape index (κ1) is 12.8. The minimum Gasteiger partial charge on any atom is -0.376 e. The summed E-state index contributed by atoms with van der Waals surface area (Å²) in [5.74, 6) is 0. The molecular formula is C14H18N2O2. The second-order valence-corrected chi connectivity index (χ2v) is 4.83. The smallest absolute Gasteiger partial charge is 0.255 e. The zero-order valence-corrected chi connectivity index (χ0v) is 10.9. The predicted molar refractivity (Wildman–Crippen MR) is 68.5 cm³/mol. The SMILES string of the molecule is Cc1cc(C)n(CC2CCCO2)c(=O)c1CC#N. The molecule has 4 nitrogen and oxygen atoms in total. The van der Waals surface area contributed by atoms with Gasteiger partial charge in [-0.1, -0.05) is 0 Å². The van der Waals surface area contributed by atoms with Gasteiger partial charge < -0.3 is 9.30 Å². The Hall–Kier alpha value is -1.60. The number of aryl methyl sites for hydroxylation is 2. The highest BCUT2D eigenvalue weighted by Crippen LogP contribution is 2.15. The maximum absolute atomic E-state index is 12.3. The van der Waals surface area contributed by atoms with E-state index in [1.54, 1.807) is 4.57 Å². The zero-order valence-electron chi connectivity index (χ0n) is 10.9.